The molecule has 6 nitrogen and oxygen atoms in total. The molecule has 0 bridgehead atoms. The summed E-state index contributed by atoms with van der Waals surface area (Å²) >= 11 is 0. The Morgan fingerprint density at radius 1 is 1.43 bits per heavy atom. The van der Waals surface area contributed by atoms with Crippen LogP contribution in [0.3, 0.4) is 0 Å². The molecule has 1 N–H and O–H groups in total. The molecule has 0 aromatic rings. The molecule has 0 radical (unpaired) electrons. The smallest absolute Gasteiger partial charge is 0.441 e. The Morgan fingerprint density at radius 3 is 2.21 bits per heavy atom. The van der Waals surface area contributed by atoms with Crippen LogP contribution in [0.4, 0.5) is 4.79 Å². The highest BCUT2D eigenvalue weighted by Gasteiger charge is 2.51. The highest BCUT2D eigenvalue weighted by atomic mass is 16.7. The van der Waals surface area contributed by atoms with Gasteiger partial charge in [-0.25, -0.2) is 9.59 Å². The van der Waals surface area contributed by atoms with E-state index in [9.17, 15) is 14.4 Å². The number of carbonyl (C=O) groups is 3. The Hall–Kier alpha value is -1.59. The van der Waals surface area contributed by atoms with E-state index in [0.717, 1.165) is 0 Å². The molecular weight excluding hydrogens is 190 g/mol. The molecule has 1 amide bonds. The zero-order valence-corrected chi connectivity index (χ0v) is 8.10. The minimum atomic E-state index is -1.44. The van der Waals surface area contributed by atoms with Crippen LogP contribution in [0.2, 0.25) is 0 Å². The number of Topliss-reactive ketones (excluding diaryl/α,β-unsaturated/α-hetero) is 1. The molecule has 1 heterocycles. The van der Waals surface area contributed by atoms with Gasteiger partial charge in [-0.15, -0.1) is 5.06 Å². The fourth-order valence-electron chi connectivity index (χ4n) is 1.30. The number of hydroxylamine groups is 2. The van der Waals surface area contributed by atoms with Crippen LogP contribution in [-0.2, 0) is 14.4 Å². The second kappa shape index (κ2) is 2.97. The topological polar surface area (TPSA) is 83.9 Å². The highest BCUT2D eigenvalue weighted by Crippen LogP contribution is 2.29. The fraction of sp³-hybridized carbons (Fsp3) is 0.625. The normalized spacial score (nSPS) is 22.5. The van der Waals surface area contributed by atoms with Crippen molar-refractivity contribution < 1.29 is 24.3 Å². The van der Waals surface area contributed by atoms with E-state index in [2.05, 4.69) is 4.84 Å². The Morgan fingerprint density at radius 2 is 1.93 bits per heavy atom. The summed E-state index contributed by atoms with van der Waals surface area (Å²) < 4.78 is 0. The summed E-state index contributed by atoms with van der Waals surface area (Å²) in [5.74, 6) is -1.94. The van der Waals surface area contributed by atoms with Crippen molar-refractivity contribution in [1.82, 2.24) is 5.06 Å². The number of carbonyl (C=O) groups excluding carboxylic acids is 2. The van der Waals surface area contributed by atoms with Gasteiger partial charge in [0.2, 0.25) is 0 Å². The second-order valence-electron chi connectivity index (χ2n) is 4.12. The Kier molecular flexibility index (Phi) is 2.22. The number of hydrogen-bond acceptors (Lipinski definition) is 4. The highest BCUT2D eigenvalue weighted by molar-refractivity contribution is 6.37. The largest absolute Gasteiger partial charge is 0.463 e. The number of nitrogens with zero attached hydrogens (tertiary/aromatic N) is 1. The molecule has 1 unspecified atom stereocenters. The van der Waals surface area contributed by atoms with Gasteiger partial charge in [0.15, 0.2) is 0 Å². The number of ketones is 1. The van der Waals surface area contributed by atoms with Gasteiger partial charge in [-0.3, -0.25) is 4.79 Å². The maximum Gasteiger partial charge on any atom is 0.441 e. The number of amides is 1. The summed E-state index contributed by atoms with van der Waals surface area (Å²) in [4.78, 5) is 37.1. The molecule has 1 saturated heterocycles. The van der Waals surface area contributed by atoms with Gasteiger partial charge in [-0.05, 0) is 5.41 Å². The fourth-order valence-corrected chi connectivity index (χ4v) is 1.30. The van der Waals surface area contributed by atoms with Crippen molar-refractivity contribution in [3.05, 3.63) is 0 Å². The van der Waals surface area contributed by atoms with Gasteiger partial charge < -0.3 is 9.94 Å². The maximum atomic E-state index is 11.3. The quantitative estimate of drug-likeness (QED) is 0.574. The predicted molar refractivity (Wildman–Crippen MR) is 44.2 cm³/mol. The molecule has 78 valence electrons. The SMILES string of the molecule is CC(C)(C)C1C(=O)C(=O)ON1C(=O)O. The van der Waals surface area contributed by atoms with E-state index < -0.39 is 29.3 Å². The van der Waals surface area contributed by atoms with Crippen LogP contribution < -0.4 is 0 Å². The average molecular weight is 201 g/mol. The van der Waals surface area contributed by atoms with E-state index in [1.165, 1.54) is 0 Å². The zero-order valence-electron chi connectivity index (χ0n) is 8.10. The minimum Gasteiger partial charge on any atom is -0.463 e. The summed E-state index contributed by atoms with van der Waals surface area (Å²) in [7, 11) is 0. The van der Waals surface area contributed by atoms with Crippen molar-refractivity contribution in [1.29, 1.82) is 0 Å². The Labute approximate surface area is 80.4 Å². The van der Waals surface area contributed by atoms with E-state index >= 15 is 0 Å². The van der Waals surface area contributed by atoms with Crippen LogP contribution in [0.25, 0.3) is 0 Å². The van der Waals surface area contributed by atoms with E-state index in [1.54, 1.807) is 20.8 Å². The van der Waals surface area contributed by atoms with Gasteiger partial charge in [0.25, 0.3) is 5.78 Å². The molecule has 0 aromatic carbocycles. The van der Waals surface area contributed by atoms with Crippen molar-refractivity contribution in [2.75, 3.05) is 0 Å². The lowest BCUT2D eigenvalue weighted by molar-refractivity contribution is -0.169. The van der Waals surface area contributed by atoms with Gasteiger partial charge in [-0.2, -0.15) is 0 Å². The molecule has 1 rings (SSSR count). The molecule has 6 heteroatoms. The zero-order chi connectivity index (χ0) is 11.1. The van der Waals surface area contributed by atoms with E-state index in [1.807, 2.05) is 0 Å². The summed E-state index contributed by atoms with van der Waals surface area (Å²) in [6.45, 7) is 4.98. The monoisotopic (exact) mass is 201 g/mol. The number of rotatable bonds is 0. The number of hydrogen-bond donors (Lipinski definition) is 1. The summed E-state index contributed by atoms with van der Waals surface area (Å²) in [6.07, 6.45) is -1.44. The van der Waals surface area contributed by atoms with E-state index in [4.69, 9.17) is 5.11 Å². The molecule has 1 aliphatic heterocycles. The third-order valence-corrected chi connectivity index (χ3v) is 1.87. The van der Waals surface area contributed by atoms with E-state index in [-0.39, 0.29) is 0 Å². The number of carboxylic acid groups (broad SMARTS) is 1. The van der Waals surface area contributed by atoms with Gasteiger partial charge in [0.1, 0.15) is 6.04 Å². The van der Waals surface area contributed by atoms with Crippen molar-refractivity contribution in [2.24, 2.45) is 5.41 Å². The van der Waals surface area contributed by atoms with Gasteiger partial charge in [-0.1, -0.05) is 20.8 Å². The lowest BCUT2D eigenvalue weighted by atomic mass is 9.84. The molecule has 0 aromatic heterocycles. The summed E-state index contributed by atoms with van der Waals surface area (Å²) in [6, 6.07) is -1.06. The first-order valence-corrected chi connectivity index (χ1v) is 4.03. The minimum absolute atomic E-state index is 0.407. The maximum absolute atomic E-state index is 11.3. The van der Waals surface area contributed by atoms with Gasteiger partial charge >= 0.3 is 12.1 Å². The molecular formula is C8H11NO5. The van der Waals surface area contributed by atoms with Crippen LogP contribution >= 0.6 is 0 Å². The van der Waals surface area contributed by atoms with Crippen molar-refractivity contribution in [2.45, 2.75) is 26.8 Å². The van der Waals surface area contributed by atoms with E-state index in [0.29, 0.717) is 5.06 Å². The molecule has 14 heavy (non-hydrogen) atoms. The molecule has 1 atom stereocenters. The summed E-state index contributed by atoms with van der Waals surface area (Å²) in [5, 5.41) is 9.09. The second-order valence-corrected chi connectivity index (χ2v) is 4.12. The first-order chi connectivity index (χ1) is 6.25. The molecule has 0 saturated carbocycles. The summed E-state index contributed by atoms with van der Waals surface area (Å²) in [5.41, 5.74) is -0.665. The first-order valence-electron chi connectivity index (χ1n) is 4.03. The standard InChI is InChI=1S/C8H11NO5/c1-8(2,3)5-4(10)6(11)14-9(5)7(12)13/h5H,1-3H3,(H,12,13). The van der Waals surface area contributed by atoms with Crippen LogP contribution in [0.1, 0.15) is 20.8 Å². The molecule has 1 fully saturated rings. The van der Waals surface area contributed by atoms with Crippen molar-refractivity contribution >= 4 is 17.8 Å². The third kappa shape index (κ3) is 1.55. The van der Waals surface area contributed by atoms with Crippen LogP contribution in [0, 0.1) is 5.41 Å². The third-order valence-electron chi connectivity index (χ3n) is 1.87. The predicted octanol–water partition coefficient (Wildman–Crippen LogP) is 0.422. The Bertz CT molecular complexity index is 303. The van der Waals surface area contributed by atoms with Gasteiger partial charge in [0.05, 0.1) is 0 Å². The first kappa shape index (κ1) is 10.5. The average Bonchev–Trinajstić information content (AvgIpc) is 2.27. The Balaban J connectivity index is 3.05. The van der Waals surface area contributed by atoms with Crippen LogP contribution in [-0.4, -0.2) is 34.1 Å². The van der Waals surface area contributed by atoms with Crippen molar-refractivity contribution in [3.8, 4) is 0 Å². The van der Waals surface area contributed by atoms with Crippen LogP contribution in [0.5, 0.6) is 0 Å². The molecule has 0 spiro atoms. The van der Waals surface area contributed by atoms with Crippen molar-refractivity contribution in [3.63, 3.8) is 0 Å². The lowest BCUT2D eigenvalue weighted by Crippen LogP contribution is -2.45. The molecule has 1 aliphatic rings. The molecule has 0 aliphatic carbocycles. The van der Waals surface area contributed by atoms with Gasteiger partial charge in [0, 0.05) is 0 Å². The van der Waals surface area contributed by atoms with Crippen LogP contribution in [0.15, 0.2) is 0 Å². The lowest BCUT2D eigenvalue weighted by Gasteiger charge is -2.27.